The molecule has 3 aliphatic heterocycles. The van der Waals surface area contributed by atoms with E-state index in [4.69, 9.17) is 44.5 Å². The lowest BCUT2D eigenvalue weighted by Crippen LogP contribution is -2.62. The summed E-state index contributed by atoms with van der Waals surface area (Å²) in [6.45, 7) is 15.4. The van der Waals surface area contributed by atoms with Gasteiger partial charge in [-0.05, 0) is 67.6 Å². The lowest BCUT2D eigenvalue weighted by atomic mass is 9.71. The molecule has 2 atom stereocenters. The Morgan fingerprint density at radius 2 is 1.45 bits per heavy atom. The number of urea groups is 1. The molecule has 11 nitrogen and oxygen atoms in total. The summed E-state index contributed by atoms with van der Waals surface area (Å²) in [7, 11) is -3.91. The van der Waals surface area contributed by atoms with Gasteiger partial charge < -0.3 is 15.0 Å². The van der Waals surface area contributed by atoms with Gasteiger partial charge in [0.05, 0.1) is 27.8 Å². The second-order valence-corrected chi connectivity index (χ2v) is 19.0. The van der Waals surface area contributed by atoms with E-state index >= 15 is 4.79 Å². The Morgan fingerprint density at radius 1 is 0.873 bits per heavy atom. The maximum atomic E-state index is 15.5. The third-order valence-electron chi connectivity index (χ3n) is 10.7. The van der Waals surface area contributed by atoms with Crippen molar-refractivity contribution in [1.82, 2.24) is 25.1 Å². The number of benzene rings is 3. The van der Waals surface area contributed by atoms with Crippen molar-refractivity contribution in [3.63, 3.8) is 0 Å². The van der Waals surface area contributed by atoms with Gasteiger partial charge in [-0.15, -0.1) is 0 Å². The van der Waals surface area contributed by atoms with Gasteiger partial charge in [-0.1, -0.05) is 79.8 Å². The minimum absolute atomic E-state index is 0.0235. The van der Waals surface area contributed by atoms with Crippen molar-refractivity contribution in [2.75, 3.05) is 58.2 Å². The summed E-state index contributed by atoms with van der Waals surface area (Å²) < 4.78 is 34.2. The van der Waals surface area contributed by atoms with Crippen molar-refractivity contribution in [2.24, 2.45) is 10.4 Å². The molecule has 0 saturated carbocycles. The van der Waals surface area contributed by atoms with Gasteiger partial charge in [0.1, 0.15) is 22.7 Å². The van der Waals surface area contributed by atoms with Crippen LogP contribution in [0, 0.1) is 5.41 Å². The number of ether oxygens (including phenoxy) is 1. The fraction of sp³-hybridized carbons (Fsp3) is 0.475. The number of carbonyl (C=O) groups excluding carboxylic acids is 2. The van der Waals surface area contributed by atoms with E-state index in [0.29, 0.717) is 73.6 Å². The molecule has 15 heteroatoms. The minimum Gasteiger partial charge on any atom is -0.493 e. The summed E-state index contributed by atoms with van der Waals surface area (Å²) >= 11 is 19.6. The van der Waals surface area contributed by atoms with Gasteiger partial charge >= 0.3 is 6.03 Å². The van der Waals surface area contributed by atoms with Crippen LogP contribution in [0.1, 0.15) is 64.7 Å². The summed E-state index contributed by atoms with van der Waals surface area (Å²) in [5.74, 6) is 0.419. The van der Waals surface area contributed by atoms with Gasteiger partial charge in [0, 0.05) is 68.3 Å². The molecule has 0 aliphatic carbocycles. The SMILES string of the molecule is CCOc1cc(Cl)c(S(=O)(=O)CC(C)(C)C)cc1C1=N[C@@](C)(c2ccc(Cl)cc2)[C@@](C)(c2ccc(Cl)cc2)N1C(=O)N1CCN(N2CCNC(=O)CC2)CC1. The predicted octanol–water partition coefficient (Wildman–Crippen LogP) is 7.23. The highest BCUT2D eigenvalue weighted by molar-refractivity contribution is 7.91. The van der Waals surface area contributed by atoms with Crippen LogP contribution in [0.2, 0.25) is 15.1 Å². The van der Waals surface area contributed by atoms with E-state index in [1.807, 2.05) is 70.7 Å². The Balaban J connectivity index is 1.54. The van der Waals surface area contributed by atoms with Gasteiger partial charge in [0.15, 0.2) is 9.84 Å². The molecule has 1 N–H and O–H groups in total. The number of halogens is 3. The average molecular weight is 832 g/mol. The zero-order valence-electron chi connectivity index (χ0n) is 32.2. The minimum atomic E-state index is -3.91. The van der Waals surface area contributed by atoms with Crippen LogP contribution in [0.25, 0.3) is 0 Å². The van der Waals surface area contributed by atoms with Crippen LogP contribution in [0.4, 0.5) is 4.79 Å². The number of piperazine rings is 1. The molecule has 3 aliphatic rings. The van der Waals surface area contributed by atoms with Gasteiger partial charge in [0.25, 0.3) is 0 Å². The molecule has 6 rings (SSSR count). The number of nitrogens with zero attached hydrogens (tertiary/aromatic N) is 5. The molecule has 0 spiro atoms. The summed E-state index contributed by atoms with van der Waals surface area (Å²) in [5.41, 5.74) is -1.03. The summed E-state index contributed by atoms with van der Waals surface area (Å²) in [5, 5.41) is 8.41. The molecule has 2 fully saturated rings. The standard InChI is InChI=1S/C40H49Cl3N6O5S/c1-7-54-33-25-32(43)34(55(52,53)26-38(2,3)4)24-31(33)36-45-39(5,27-8-12-29(41)13-9-27)40(6,28-10-14-30(42)15-11-28)49(36)37(51)46-20-22-48(23-21-46)47-18-16-35(50)44-17-19-47/h8-15,24-25H,7,16-23,26H2,1-6H3,(H,44,50)/t39-,40+/m0/s1. The zero-order valence-corrected chi connectivity index (χ0v) is 35.2. The molecule has 0 unspecified atom stereocenters. The van der Waals surface area contributed by atoms with Crippen LogP contribution in [-0.4, -0.2) is 104 Å². The number of amidine groups is 1. The molecule has 0 bridgehead atoms. The zero-order chi connectivity index (χ0) is 39.9. The Bertz CT molecular complexity index is 2070. The second kappa shape index (κ2) is 15.9. The number of carbonyl (C=O) groups is 2. The molecule has 3 aromatic carbocycles. The van der Waals surface area contributed by atoms with Crippen LogP contribution in [0.15, 0.2) is 70.6 Å². The largest absolute Gasteiger partial charge is 0.493 e. The molecule has 3 aromatic rings. The van der Waals surface area contributed by atoms with Gasteiger partial charge in [-0.25, -0.2) is 23.2 Å². The highest BCUT2D eigenvalue weighted by atomic mass is 35.5. The number of nitrogens with one attached hydrogen (secondary N) is 1. The normalized spacial score (nSPS) is 23.0. The molecule has 296 valence electrons. The van der Waals surface area contributed by atoms with Crippen molar-refractivity contribution in [3.8, 4) is 5.75 Å². The van der Waals surface area contributed by atoms with E-state index in [9.17, 15) is 13.2 Å². The number of hydrogen-bond acceptors (Lipinski definition) is 8. The fourth-order valence-electron chi connectivity index (χ4n) is 7.79. The molecule has 3 heterocycles. The third-order valence-corrected chi connectivity index (χ3v) is 13.9. The van der Waals surface area contributed by atoms with E-state index in [1.165, 1.54) is 12.1 Å². The molecular formula is C40H49Cl3N6O5S. The molecule has 3 amide bonds. The number of hydrogen-bond donors (Lipinski definition) is 1. The molecule has 0 aromatic heterocycles. The van der Waals surface area contributed by atoms with Crippen molar-refractivity contribution in [1.29, 1.82) is 0 Å². The highest BCUT2D eigenvalue weighted by Gasteiger charge is 2.60. The Morgan fingerprint density at radius 3 is 2.04 bits per heavy atom. The molecule has 55 heavy (non-hydrogen) atoms. The molecule has 2 saturated heterocycles. The van der Waals surface area contributed by atoms with Crippen LogP contribution in [0.3, 0.4) is 0 Å². The van der Waals surface area contributed by atoms with Gasteiger partial charge in [-0.3, -0.25) is 14.7 Å². The van der Waals surface area contributed by atoms with E-state index in [0.717, 1.165) is 11.1 Å². The van der Waals surface area contributed by atoms with Crippen molar-refractivity contribution >= 4 is 62.4 Å². The Kier molecular flexibility index (Phi) is 11.9. The van der Waals surface area contributed by atoms with Crippen LogP contribution in [-0.2, 0) is 25.7 Å². The average Bonchev–Trinajstić information content (AvgIpc) is 3.21. The number of amides is 3. The third kappa shape index (κ3) is 8.22. The Labute approximate surface area is 339 Å². The van der Waals surface area contributed by atoms with Gasteiger partial charge in [-0.2, -0.15) is 0 Å². The number of hydrazine groups is 1. The maximum absolute atomic E-state index is 15.5. The van der Waals surface area contributed by atoms with E-state index in [2.05, 4.69) is 15.3 Å². The lowest BCUT2D eigenvalue weighted by molar-refractivity contribution is -0.121. The number of aliphatic imine (C=N–C) groups is 1. The Hall–Kier alpha value is -3.39. The fourth-order valence-corrected chi connectivity index (χ4v) is 10.5. The van der Waals surface area contributed by atoms with Crippen LogP contribution >= 0.6 is 34.8 Å². The van der Waals surface area contributed by atoms with Crippen molar-refractivity contribution < 1.29 is 22.7 Å². The van der Waals surface area contributed by atoms with Crippen molar-refractivity contribution in [3.05, 3.63) is 92.4 Å². The summed E-state index contributed by atoms with van der Waals surface area (Å²) in [6.07, 6.45) is 0.409. The first kappa shape index (κ1) is 41.2. The summed E-state index contributed by atoms with van der Waals surface area (Å²) in [4.78, 5) is 36.4. The van der Waals surface area contributed by atoms with Crippen LogP contribution < -0.4 is 10.1 Å². The molecular weight excluding hydrogens is 783 g/mol. The lowest BCUT2D eigenvalue weighted by Gasteiger charge is -2.48. The van der Waals surface area contributed by atoms with E-state index < -0.39 is 26.3 Å². The van der Waals surface area contributed by atoms with E-state index in [-0.39, 0.29) is 40.1 Å². The summed E-state index contributed by atoms with van der Waals surface area (Å²) in [6, 6.07) is 17.5. The number of rotatable bonds is 8. The second-order valence-electron chi connectivity index (χ2n) is 15.7. The highest BCUT2D eigenvalue weighted by Crippen LogP contribution is 2.54. The monoisotopic (exact) mass is 830 g/mol. The first-order valence-electron chi connectivity index (χ1n) is 18.5. The maximum Gasteiger partial charge on any atom is 0.326 e. The van der Waals surface area contributed by atoms with E-state index in [1.54, 1.807) is 29.2 Å². The van der Waals surface area contributed by atoms with Gasteiger partial charge in [0.2, 0.25) is 5.91 Å². The van der Waals surface area contributed by atoms with Crippen LogP contribution in [0.5, 0.6) is 5.75 Å². The number of sulfone groups is 1. The topological polar surface area (TPSA) is 115 Å². The smallest absolute Gasteiger partial charge is 0.326 e. The first-order valence-corrected chi connectivity index (χ1v) is 21.3. The quantitative estimate of drug-likeness (QED) is 0.255. The molecule has 0 radical (unpaired) electrons. The van der Waals surface area contributed by atoms with Crippen molar-refractivity contribution in [2.45, 2.75) is 63.9 Å². The first-order chi connectivity index (χ1) is 25.9. The predicted molar refractivity (Wildman–Crippen MR) is 218 cm³/mol.